The summed E-state index contributed by atoms with van der Waals surface area (Å²) < 4.78 is 6.13. The summed E-state index contributed by atoms with van der Waals surface area (Å²) in [7, 11) is 0. The van der Waals surface area contributed by atoms with Crippen molar-refractivity contribution in [1.82, 2.24) is 5.43 Å². The molecule has 6 heteroatoms. The van der Waals surface area contributed by atoms with E-state index in [4.69, 9.17) is 4.74 Å². The highest BCUT2D eigenvalue weighted by Crippen LogP contribution is 2.19. The highest BCUT2D eigenvalue weighted by atomic mass is 79.9. The van der Waals surface area contributed by atoms with Gasteiger partial charge < -0.3 is 9.84 Å². The lowest BCUT2D eigenvalue weighted by molar-refractivity contribution is -0.123. The molecule has 114 valence electrons. The standard InChI is InChI=1S/C16H15BrN2O3/c1-11-2-5-14(6-3-11)22-10-16(21)19-18-9-12-8-13(17)4-7-15(12)20/h2-9,20H,10H2,1H3,(H,19,21). The van der Waals surface area contributed by atoms with Crippen LogP contribution in [0.3, 0.4) is 0 Å². The summed E-state index contributed by atoms with van der Waals surface area (Å²) in [4.78, 5) is 11.6. The SMILES string of the molecule is Cc1ccc(OCC(=O)NN=Cc2cc(Br)ccc2O)cc1. The van der Waals surface area contributed by atoms with Gasteiger partial charge in [-0.3, -0.25) is 4.79 Å². The number of nitrogens with one attached hydrogen (secondary N) is 1. The molecule has 0 saturated carbocycles. The third-order valence-corrected chi connectivity index (χ3v) is 3.27. The Labute approximate surface area is 136 Å². The number of halogens is 1. The molecule has 0 spiro atoms. The molecule has 2 N–H and O–H groups in total. The highest BCUT2D eigenvalue weighted by Gasteiger charge is 2.02. The van der Waals surface area contributed by atoms with Gasteiger partial charge >= 0.3 is 0 Å². The zero-order valence-electron chi connectivity index (χ0n) is 11.9. The Kier molecular flexibility index (Phi) is 5.55. The van der Waals surface area contributed by atoms with Crippen LogP contribution in [0.5, 0.6) is 11.5 Å². The van der Waals surface area contributed by atoms with Crippen LogP contribution in [0.2, 0.25) is 0 Å². The highest BCUT2D eigenvalue weighted by molar-refractivity contribution is 9.10. The zero-order chi connectivity index (χ0) is 15.9. The molecule has 22 heavy (non-hydrogen) atoms. The topological polar surface area (TPSA) is 70.9 Å². The van der Waals surface area contributed by atoms with Crippen molar-refractivity contribution in [3.63, 3.8) is 0 Å². The van der Waals surface area contributed by atoms with E-state index in [0.717, 1.165) is 10.0 Å². The van der Waals surface area contributed by atoms with E-state index in [2.05, 4.69) is 26.5 Å². The molecule has 0 atom stereocenters. The number of aryl methyl sites for hydroxylation is 1. The number of rotatable bonds is 5. The molecule has 0 aliphatic rings. The van der Waals surface area contributed by atoms with Crippen molar-refractivity contribution in [1.29, 1.82) is 0 Å². The van der Waals surface area contributed by atoms with Gasteiger partial charge in [-0.2, -0.15) is 5.10 Å². The Morgan fingerprint density at radius 1 is 1.32 bits per heavy atom. The lowest BCUT2D eigenvalue weighted by Crippen LogP contribution is -2.24. The molecule has 0 aliphatic heterocycles. The summed E-state index contributed by atoms with van der Waals surface area (Å²) in [5.74, 6) is 0.317. The average molecular weight is 363 g/mol. The van der Waals surface area contributed by atoms with Crippen LogP contribution in [0.15, 0.2) is 52.0 Å². The Hall–Kier alpha value is -2.34. The van der Waals surface area contributed by atoms with E-state index >= 15 is 0 Å². The number of carbonyl (C=O) groups is 1. The number of nitrogens with zero attached hydrogens (tertiary/aromatic N) is 1. The molecule has 5 nitrogen and oxygen atoms in total. The van der Waals surface area contributed by atoms with E-state index < -0.39 is 0 Å². The van der Waals surface area contributed by atoms with Crippen LogP contribution in [0, 0.1) is 6.92 Å². The maximum atomic E-state index is 11.6. The number of carbonyl (C=O) groups excluding carboxylic acids is 1. The van der Waals surface area contributed by atoms with Gasteiger partial charge in [-0.25, -0.2) is 5.43 Å². The second-order valence-corrected chi connectivity index (χ2v) is 5.51. The van der Waals surface area contributed by atoms with Crippen LogP contribution < -0.4 is 10.2 Å². The predicted molar refractivity (Wildman–Crippen MR) is 88.2 cm³/mol. The Balaban J connectivity index is 1.83. The van der Waals surface area contributed by atoms with E-state index in [-0.39, 0.29) is 18.3 Å². The van der Waals surface area contributed by atoms with Gasteiger partial charge in [-0.05, 0) is 37.3 Å². The van der Waals surface area contributed by atoms with Crippen LogP contribution >= 0.6 is 15.9 Å². The van der Waals surface area contributed by atoms with Gasteiger partial charge in [0, 0.05) is 10.0 Å². The molecule has 0 radical (unpaired) electrons. The third kappa shape index (κ3) is 4.89. The molecule has 0 saturated heterocycles. The maximum absolute atomic E-state index is 11.6. The summed E-state index contributed by atoms with van der Waals surface area (Å²) in [5.41, 5.74) is 3.95. The van der Waals surface area contributed by atoms with Gasteiger partial charge in [0.25, 0.3) is 5.91 Å². The summed E-state index contributed by atoms with van der Waals surface area (Å²) in [5, 5.41) is 13.4. The molecule has 2 aromatic carbocycles. The van der Waals surface area contributed by atoms with Crippen LogP contribution in [0.25, 0.3) is 0 Å². The van der Waals surface area contributed by atoms with E-state index in [1.54, 1.807) is 24.3 Å². The third-order valence-electron chi connectivity index (χ3n) is 2.77. The molecule has 0 fully saturated rings. The largest absolute Gasteiger partial charge is 0.507 e. The minimum absolute atomic E-state index is 0.0807. The number of hydrogen-bond acceptors (Lipinski definition) is 4. The summed E-state index contributed by atoms with van der Waals surface area (Å²) in [6.07, 6.45) is 1.36. The first-order chi connectivity index (χ1) is 10.5. The number of hydrazone groups is 1. The van der Waals surface area contributed by atoms with Crippen LogP contribution in [0.1, 0.15) is 11.1 Å². The summed E-state index contributed by atoms with van der Waals surface area (Å²) >= 11 is 3.29. The number of amides is 1. The molecule has 2 aromatic rings. The lowest BCUT2D eigenvalue weighted by Gasteiger charge is -2.05. The van der Waals surface area contributed by atoms with Gasteiger partial charge in [-0.15, -0.1) is 0 Å². The molecule has 0 aliphatic carbocycles. The Morgan fingerprint density at radius 2 is 2.05 bits per heavy atom. The summed E-state index contributed by atoms with van der Waals surface area (Å²) in [6, 6.07) is 12.3. The fraction of sp³-hybridized carbons (Fsp3) is 0.125. The molecule has 0 unspecified atom stereocenters. The van der Waals surface area contributed by atoms with Crippen molar-refractivity contribution in [2.75, 3.05) is 6.61 Å². The van der Waals surface area contributed by atoms with Crippen molar-refractivity contribution < 1.29 is 14.6 Å². The average Bonchev–Trinajstić information content (AvgIpc) is 2.50. The smallest absolute Gasteiger partial charge is 0.277 e. The van der Waals surface area contributed by atoms with Crippen LogP contribution in [0.4, 0.5) is 0 Å². The first kappa shape index (κ1) is 16.0. The number of phenolic OH excluding ortho intramolecular Hbond substituents is 1. The van der Waals surface area contributed by atoms with E-state index in [1.165, 1.54) is 12.3 Å². The van der Waals surface area contributed by atoms with Crippen LogP contribution in [-0.4, -0.2) is 23.8 Å². The number of hydrogen-bond donors (Lipinski definition) is 2. The van der Waals surface area contributed by atoms with E-state index in [0.29, 0.717) is 11.3 Å². The second kappa shape index (κ2) is 7.61. The maximum Gasteiger partial charge on any atom is 0.277 e. The van der Waals surface area contributed by atoms with Crippen molar-refractivity contribution in [3.8, 4) is 11.5 Å². The Morgan fingerprint density at radius 3 is 2.77 bits per heavy atom. The molecular weight excluding hydrogens is 348 g/mol. The first-order valence-electron chi connectivity index (χ1n) is 6.54. The fourth-order valence-corrected chi connectivity index (χ4v) is 2.00. The molecule has 0 aromatic heterocycles. The van der Waals surface area contributed by atoms with Crippen molar-refractivity contribution in [2.45, 2.75) is 6.92 Å². The normalized spacial score (nSPS) is 10.6. The number of phenols is 1. The molecule has 1 amide bonds. The van der Waals surface area contributed by atoms with Gasteiger partial charge in [-0.1, -0.05) is 33.6 Å². The minimum atomic E-state index is -0.383. The first-order valence-corrected chi connectivity index (χ1v) is 7.34. The Bertz CT molecular complexity index is 684. The number of ether oxygens (including phenoxy) is 1. The monoisotopic (exact) mass is 362 g/mol. The molecular formula is C16H15BrN2O3. The zero-order valence-corrected chi connectivity index (χ0v) is 13.5. The quantitative estimate of drug-likeness (QED) is 0.634. The van der Waals surface area contributed by atoms with Crippen LogP contribution in [-0.2, 0) is 4.79 Å². The predicted octanol–water partition coefficient (Wildman–Crippen LogP) is 2.99. The molecule has 2 rings (SSSR count). The van der Waals surface area contributed by atoms with Crippen molar-refractivity contribution >= 4 is 28.1 Å². The number of benzene rings is 2. The van der Waals surface area contributed by atoms with Gasteiger partial charge in [0.1, 0.15) is 11.5 Å². The number of aromatic hydroxyl groups is 1. The van der Waals surface area contributed by atoms with E-state index in [1.807, 2.05) is 19.1 Å². The van der Waals surface area contributed by atoms with Gasteiger partial charge in [0.15, 0.2) is 6.61 Å². The van der Waals surface area contributed by atoms with Gasteiger partial charge in [0.2, 0.25) is 0 Å². The summed E-state index contributed by atoms with van der Waals surface area (Å²) in [6.45, 7) is 1.84. The lowest BCUT2D eigenvalue weighted by atomic mass is 10.2. The van der Waals surface area contributed by atoms with Gasteiger partial charge in [0.05, 0.1) is 6.21 Å². The minimum Gasteiger partial charge on any atom is -0.507 e. The van der Waals surface area contributed by atoms with Crippen molar-refractivity contribution in [2.24, 2.45) is 5.10 Å². The molecule has 0 bridgehead atoms. The molecule has 0 heterocycles. The van der Waals surface area contributed by atoms with E-state index in [9.17, 15) is 9.90 Å². The second-order valence-electron chi connectivity index (χ2n) is 4.60. The fourth-order valence-electron chi connectivity index (χ4n) is 1.62. The van der Waals surface area contributed by atoms with Crippen molar-refractivity contribution in [3.05, 3.63) is 58.1 Å².